The third kappa shape index (κ3) is 9.26. The molecule has 2 heterocycles. The zero-order valence-corrected chi connectivity index (χ0v) is 24.0. The number of aromatic nitrogens is 1. The summed E-state index contributed by atoms with van der Waals surface area (Å²) in [5, 5.41) is 8.55. The van der Waals surface area contributed by atoms with Gasteiger partial charge in [0.2, 0.25) is 5.91 Å². The van der Waals surface area contributed by atoms with Crippen molar-refractivity contribution in [3.63, 3.8) is 0 Å². The Bertz CT molecular complexity index is 1060. The molecule has 0 spiro atoms. The number of hydrogen-bond acceptors (Lipinski definition) is 10. The zero-order chi connectivity index (χ0) is 28.0. The van der Waals surface area contributed by atoms with E-state index in [2.05, 4.69) is 27.2 Å². The highest BCUT2D eigenvalue weighted by molar-refractivity contribution is 8.14. The maximum Gasteiger partial charge on any atom is 0.408 e. The summed E-state index contributed by atoms with van der Waals surface area (Å²) in [6.45, 7) is 15.9. The molecule has 0 radical (unpaired) electrons. The molecular formula is C25H36N4O6S2. The van der Waals surface area contributed by atoms with Crippen LogP contribution >= 0.6 is 23.1 Å². The molecule has 10 nitrogen and oxygen atoms in total. The number of nitrogens with one attached hydrogen (secondary N) is 2. The molecule has 0 saturated heterocycles. The Morgan fingerprint density at radius 1 is 1.27 bits per heavy atom. The van der Waals surface area contributed by atoms with Crippen molar-refractivity contribution in [3.05, 3.63) is 28.7 Å². The molecule has 1 aliphatic heterocycles. The Hall–Kier alpha value is -2.73. The van der Waals surface area contributed by atoms with Crippen LogP contribution in [0.25, 0.3) is 0 Å². The van der Waals surface area contributed by atoms with Crippen LogP contribution in [0, 0.1) is 5.92 Å². The van der Waals surface area contributed by atoms with Crippen LogP contribution in [0.2, 0.25) is 0 Å². The largest absolute Gasteiger partial charge is 0.456 e. The minimum atomic E-state index is -1.11. The van der Waals surface area contributed by atoms with Gasteiger partial charge < -0.3 is 20.1 Å². The van der Waals surface area contributed by atoms with Crippen molar-refractivity contribution in [2.45, 2.75) is 84.7 Å². The van der Waals surface area contributed by atoms with Gasteiger partial charge in [-0.15, -0.1) is 23.1 Å². The maximum absolute atomic E-state index is 13.2. The van der Waals surface area contributed by atoms with Crippen molar-refractivity contribution in [3.8, 4) is 0 Å². The molecule has 0 fully saturated rings. The first kappa shape index (κ1) is 30.5. The zero-order valence-electron chi connectivity index (χ0n) is 22.4. The standard InChI is InChI=1S/C25H36N4O6S2/c1-9-16(10-15(4)30)34-21(31)19(14(2)3)28-22(32)25(8)13-37-20(29-25)17-12-36-18(27-17)11-26-23(33)35-24(5,6)7/h9,12,14,16,19H,1,10-11,13H2,2-8H3,(H,26,33)(H,28,32). The highest BCUT2D eigenvalue weighted by atomic mass is 32.2. The summed E-state index contributed by atoms with van der Waals surface area (Å²) < 4.78 is 10.6. The summed E-state index contributed by atoms with van der Waals surface area (Å²) in [4.78, 5) is 58.4. The van der Waals surface area contributed by atoms with E-state index in [0.29, 0.717) is 21.5 Å². The van der Waals surface area contributed by atoms with Crippen LogP contribution in [0.5, 0.6) is 0 Å². The van der Waals surface area contributed by atoms with Crippen molar-refractivity contribution in [2.24, 2.45) is 10.9 Å². The minimum Gasteiger partial charge on any atom is -0.456 e. The Morgan fingerprint density at radius 3 is 2.51 bits per heavy atom. The van der Waals surface area contributed by atoms with Gasteiger partial charge in [-0.2, -0.15) is 0 Å². The number of ketones is 1. The van der Waals surface area contributed by atoms with Crippen LogP contribution in [-0.2, 0) is 30.4 Å². The number of ether oxygens (including phenoxy) is 2. The molecule has 37 heavy (non-hydrogen) atoms. The SMILES string of the molecule is C=CC(CC(C)=O)OC(=O)C(NC(=O)C1(C)CSC(c2csc(CNC(=O)OC(C)(C)C)n2)=N1)C(C)C. The minimum absolute atomic E-state index is 0.0267. The first-order valence-electron chi connectivity index (χ1n) is 11.9. The highest BCUT2D eigenvalue weighted by Crippen LogP contribution is 2.32. The normalized spacial score (nSPS) is 19.0. The Balaban J connectivity index is 2.05. The number of carbonyl (C=O) groups is 4. The molecule has 0 bridgehead atoms. The number of aliphatic imine (C=N–C) groups is 1. The number of thiazole rings is 1. The van der Waals surface area contributed by atoms with Gasteiger partial charge in [-0.25, -0.2) is 14.6 Å². The van der Waals surface area contributed by atoms with Crippen LogP contribution in [0.15, 0.2) is 23.0 Å². The number of esters is 1. The molecule has 2 N–H and O–H groups in total. The van der Waals surface area contributed by atoms with Gasteiger partial charge in [0.1, 0.15) is 44.8 Å². The summed E-state index contributed by atoms with van der Waals surface area (Å²) in [6, 6.07) is -0.909. The van der Waals surface area contributed by atoms with Crippen LogP contribution < -0.4 is 10.6 Å². The molecule has 3 atom stereocenters. The topological polar surface area (TPSA) is 136 Å². The van der Waals surface area contributed by atoms with E-state index in [4.69, 9.17) is 9.47 Å². The highest BCUT2D eigenvalue weighted by Gasteiger charge is 2.41. The Labute approximate surface area is 226 Å². The lowest BCUT2D eigenvalue weighted by molar-refractivity contribution is -0.153. The molecule has 1 aliphatic rings. The molecule has 0 aromatic carbocycles. The van der Waals surface area contributed by atoms with Crippen LogP contribution in [0.1, 0.15) is 65.6 Å². The van der Waals surface area contributed by atoms with E-state index in [0.717, 1.165) is 0 Å². The van der Waals surface area contributed by atoms with Crippen LogP contribution in [0.3, 0.4) is 0 Å². The van der Waals surface area contributed by atoms with Gasteiger partial charge >= 0.3 is 12.1 Å². The summed E-state index contributed by atoms with van der Waals surface area (Å²) in [6.07, 6.45) is 0.141. The molecule has 1 aromatic heterocycles. The lowest BCUT2D eigenvalue weighted by Gasteiger charge is -2.27. The molecule has 0 aliphatic carbocycles. The average molecular weight is 553 g/mol. The monoisotopic (exact) mass is 552 g/mol. The maximum atomic E-state index is 13.2. The van der Waals surface area contributed by atoms with E-state index in [1.165, 1.54) is 36.1 Å². The van der Waals surface area contributed by atoms with Gasteiger partial charge in [0.25, 0.3) is 0 Å². The van der Waals surface area contributed by atoms with Gasteiger partial charge in [-0.1, -0.05) is 26.5 Å². The van der Waals surface area contributed by atoms with E-state index in [-0.39, 0.29) is 24.7 Å². The number of thioether (sulfide) groups is 1. The lowest BCUT2D eigenvalue weighted by atomic mass is 10.0. The van der Waals surface area contributed by atoms with Crippen molar-refractivity contribution in [1.29, 1.82) is 0 Å². The second-order valence-corrected chi connectivity index (χ2v) is 12.2. The Morgan fingerprint density at radius 2 is 1.95 bits per heavy atom. The van der Waals surface area contributed by atoms with E-state index >= 15 is 0 Å². The molecule has 12 heteroatoms. The predicted octanol–water partition coefficient (Wildman–Crippen LogP) is 3.64. The average Bonchev–Trinajstić information content (AvgIpc) is 3.41. The van der Waals surface area contributed by atoms with Crippen LogP contribution in [-0.4, -0.2) is 62.8 Å². The number of Topliss-reactive ketones (excluding diaryl/α,β-unsaturated/α-hetero) is 1. The smallest absolute Gasteiger partial charge is 0.408 e. The molecule has 204 valence electrons. The third-order valence-corrected chi connectivity index (χ3v) is 7.24. The molecule has 1 aromatic rings. The summed E-state index contributed by atoms with van der Waals surface area (Å²) in [5.74, 6) is -1.05. The quantitative estimate of drug-likeness (QED) is 0.314. The van der Waals surface area contributed by atoms with E-state index in [1.807, 2.05) is 5.38 Å². The van der Waals surface area contributed by atoms with Gasteiger partial charge in [0.15, 0.2) is 0 Å². The first-order valence-corrected chi connectivity index (χ1v) is 13.8. The second-order valence-electron chi connectivity index (χ2n) is 10.3. The van der Waals surface area contributed by atoms with Crippen molar-refractivity contribution >= 4 is 51.9 Å². The number of amides is 2. The summed E-state index contributed by atoms with van der Waals surface area (Å²) in [5.41, 5.74) is -1.08. The van der Waals surface area contributed by atoms with Gasteiger partial charge in [-0.05, 0) is 40.5 Å². The van der Waals surface area contributed by atoms with Gasteiger partial charge in [0, 0.05) is 17.6 Å². The fraction of sp³-hybridized carbons (Fsp3) is 0.600. The Kier molecular flexibility index (Phi) is 10.5. The number of carbonyl (C=O) groups excluding carboxylic acids is 4. The first-order chi connectivity index (χ1) is 17.1. The third-order valence-electron chi connectivity index (χ3n) is 5.11. The lowest BCUT2D eigenvalue weighted by Crippen LogP contribution is -2.53. The number of rotatable bonds is 11. The second kappa shape index (κ2) is 12.7. The number of nitrogens with zero attached hydrogens (tertiary/aromatic N) is 2. The fourth-order valence-corrected chi connectivity index (χ4v) is 5.10. The van der Waals surface area contributed by atoms with E-state index < -0.39 is 41.3 Å². The predicted molar refractivity (Wildman–Crippen MR) is 145 cm³/mol. The molecule has 2 amide bonds. The fourth-order valence-electron chi connectivity index (χ4n) is 3.17. The van der Waals surface area contributed by atoms with E-state index in [9.17, 15) is 19.2 Å². The van der Waals surface area contributed by atoms with Crippen LogP contribution in [0.4, 0.5) is 4.79 Å². The van der Waals surface area contributed by atoms with Gasteiger partial charge in [-0.3, -0.25) is 14.6 Å². The van der Waals surface area contributed by atoms with Crippen molar-refractivity contribution in [2.75, 3.05) is 5.75 Å². The molecule has 0 saturated carbocycles. The van der Waals surface area contributed by atoms with Crippen molar-refractivity contribution in [1.82, 2.24) is 15.6 Å². The molecule has 2 rings (SSSR count). The van der Waals surface area contributed by atoms with Crippen molar-refractivity contribution < 1.29 is 28.7 Å². The molecule has 3 unspecified atom stereocenters. The number of alkyl carbamates (subject to hydrolysis) is 1. The summed E-state index contributed by atoms with van der Waals surface area (Å²) in [7, 11) is 0. The van der Waals surface area contributed by atoms with E-state index in [1.54, 1.807) is 41.5 Å². The molecular weight excluding hydrogens is 516 g/mol. The number of hydrogen-bond donors (Lipinski definition) is 2. The summed E-state index contributed by atoms with van der Waals surface area (Å²) >= 11 is 2.76. The van der Waals surface area contributed by atoms with Gasteiger partial charge in [0.05, 0.1) is 6.54 Å².